The molecule has 1 unspecified atom stereocenters. The summed E-state index contributed by atoms with van der Waals surface area (Å²) in [4.78, 5) is 35.5. The number of nitrogens with one attached hydrogen (secondary N) is 4. The molecule has 0 aromatic heterocycles. The van der Waals surface area contributed by atoms with Gasteiger partial charge in [0, 0.05) is 49.8 Å². The van der Waals surface area contributed by atoms with Gasteiger partial charge in [-0.25, -0.2) is 4.79 Å². The first-order valence-corrected chi connectivity index (χ1v) is 18.5. The van der Waals surface area contributed by atoms with E-state index in [4.69, 9.17) is 4.52 Å². The molecule has 2 rings (SSSR count). The fourth-order valence-corrected chi connectivity index (χ4v) is 8.26. The zero-order valence-corrected chi connectivity index (χ0v) is 26.0. The third-order valence-corrected chi connectivity index (χ3v) is 10.9. The summed E-state index contributed by atoms with van der Waals surface area (Å²) in [6, 6.07) is 0.452. The van der Waals surface area contributed by atoms with Crippen LogP contribution in [-0.4, -0.2) is 73.5 Å². The number of thioether (sulfide) groups is 1. The maximum Gasteiger partial charge on any atom is 0.315 e. The quantitative estimate of drug-likeness (QED) is 0.0741. The van der Waals surface area contributed by atoms with Gasteiger partial charge >= 0.3 is 6.03 Å². The molecule has 0 radical (unpaired) electrons. The van der Waals surface area contributed by atoms with Crippen molar-refractivity contribution in [2.45, 2.75) is 121 Å². The zero-order valence-electron chi connectivity index (χ0n) is 24.3. The summed E-state index contributed by atoms with van der Waals surface area (Å²) in [5.74, 6) is 1.22. The fraction of sp³-hybridized carbons (Fsp3) is 0.893. The van der Waals surface area contributed by atoms with Crippen LogP contribution in [-0.2, 0) is 18.7 Å². The van der Waals surface area contributed by atoms with Crippen LogP contribution in [0, 0.1) is 0 Å². The highest BCUT2D eigenvalue weighted by atomic mass is 32.2. The van der Waals surface area contributed by atoms with Gasteiger partial charge in [-0.05, 0) is 51.9 Å². The number of urea groups is 1. The van der Waals surface area contributed by atoms with Crippen LogP contribution in [0.4, 0.5) is 4.79 Å². The number of amides is 4. The summed E-state index contributed by atoms with van der Waals surface area (Å²) in [7, 11) is -2.37. The predicted octanol–water partition coefficient (Wildman–Crippen LogP) is 5.18. The monoisotopic (exact) mass is 588 g/mol. The Labute approximate surface area is 240 Å². The molecule has 39 heavy (non-hydrogen) atoms. The van der Waals surface area contributed by atoms with E-state index in [1.54, 1.807) is 6.66 Å². The molecule has 4 N–H and O–H groups in total. The topological polar surface area (TPSA) is 126 Å². The lowest BCUT2D eigenvalue weighted by Gasteiger charge is -2.16. The van der Waals surface area contributed by atoms with Gasteiger partial charge in [0.1, 0.15) is 0 Å². The molecular weight excluding hydrogens is 535 g/mol. The van der Waals surface area contributed by atoms with Crippen molar-refractivity contribution in [1.82, 2.24) is 21.3 Å². The van der Waals surface area contributed by atoms with Gasteiger partial charge in [-0.15, -0.1) is 0 Å². The lowest BCUT2D eigenvalue weighted by molar-refractivity contribution is -0.121. The first kappa shape index (κ1) is 34.0. The Balaban J connectivity index is 1.30. The molecule has 0 aromatic carbocycles. The molecule has 2 aliphatic rings. The Kier molecular flexibility index (Phi) is 17.2. The van der Waals surface area contributed by atoms with Gasteiger partial charge in [0.2, 0.25) is 11.8 Å². The van der Waals surface area contributed by atoms with E-state index in [1.165, 1.54) is 6.42 Å². The van der Waals surface area contributed by atoms with E-state index in [1.807, 2.05) is 18.7 Å². The molecule has 2 saturated heterocycles. The number of hydrogen-bond acceptors (Lipinski definition) is 6. The van der Waals surface area contributed by atoms with Crippen molar-refractivity contribution in [3.05, 3.63) is 0 Å². The van der Waals surface area contributed by atoms with E-state index in [-0.39, 0.29) is 29.9 Å². The number of carbonyl (C=O) groups is 3. The molecule has 0 saturated carbocycles. The predicted molar refractivity (Wildman–Crippen MR) is 161 cm³/mol. The first-order chi connectivity index (χ1) is 18.8. The van der Waals surface area contributed by atoms with E-state index >= 15 is 0 Å². The van der Waals surface area contributed by atoms with Crippen molar-refractivity contribution in [3.8, 4) is 0 Å². The van der Waals surface area contributed by atoms with E-state index in [9.17, 15) is 18.9 Å². The molecule has 0 aliphatic carbocycles. The van der Waals surface area contributed by atoms with Crippen LogP contribution in [0.3, 0.4) is 0 Å². The van der Waals surface area contributed by atoms with Crippen LogP contribution in [0.25, 0.3) is 0 Å². The SMILES string of the molecule is CCOP(C)(=O)CCCCCCCCCC(=O)NCCCCCNC(=O)CCCC[C@@H]1SC[C@@H]2NC(=O)N[C@@H]21. The van der Waals surface area contributed by atoms with Crippen molar-refractivity contribution in [3.63, 3.8) is 0 Å². The van der Waals surface area contributed by atoms with Crippen molar-refractivity contribution < 1.29 is 23.5 Å². The number of fused-ring (bicyclic) bond motifs is 1. The lowest BCUT2D eigenvalue weighted by Crippen LogP contribution is -2.36. The Bertz CT molecular complexity index is 787. The van der Waals surface area contributed by atoms with Gasteiger partial charge < -0.3 is 25.8 Å². The summed E-state index contributed by atoms with van der Waals surface area (Å²) < 4.78 is 17.3. The molecule has 2 fully saturated rings. The minimum atomic E-state index is -2.37. The van der Waals surface area contributed by atoms with Crippen molar-refractivity contribution in [2.24, 2.45) is 0 Å². The smallest absolute Gasteiger partial charge is 0.315 e. The number of unbranched alkanes of at least 4 members (excludes halogenated alkanes) is 9. The van der Waals surface area contributed by atoms with Crippen molar-refractivity contribution >= 4 is 37.0 Å². The maximum atomic E-state index is 12.1. The first-order valence-electron chi connectivity index (χ1n) is 15.2. The molecule has 0 spiro atoms. The highest BCUT2D eigenvalue weighted by molar-refractivity contribution is 8.00. The van der Waals surface area contributed by atoms with Gasteiger partial charge in [-0.1, -0.05) is 38.5 Å². The molecular formula is C28H53N4O5PS. The highest BCUT2D eigenvalue weighted by Crippen LogP contribution is 2.43. The normalized spacial score (nSPS) is 21.6. The highest BCUT2D eigenvalue weighted by Gasteiger charge is 2.42. The van der Waals surface area contributed by atoms with Gasteiger partial charge in [-0.2, -0.15) is 11.8 Å². The molecule has 226 valence electrons. The molecule has 0 aromatic rings. The number of rotatable bonds is 23. The Morgan fingerprint density at radius 3 is 2.08 bits per heavy atom. The minimum Gasteiger partial charge on any atom is -0.356 e. The minimum absolute atomic E-state index is 0.0490. The standard InChI is InChI=1S/C28H53N4O5PS/c1-3-37-38(2,36)21-15-8-6-4-5-7-10-17-25(33)29-19-13-9-14-20-30-26(34)18-12-11-16-24-27-23(22-39-24)31-28(35)32-27/h23-24,27H,3-22H2,1-2H3,(H,29,33)(H,30,34)(H2,31,32,35)/t23-,24-,27-,38?/m0/s1. The lowest BCUT2D eigenvalue weighted by atomic mass is 10.0. The average molecular weight is 589 g/mol. The molecule has 0 bridgehead atoms. The molecule has 11 heteroatoms. The number of hydrogen-bond donors (Lipinski definition) is 4. The summed E-state index contributed by atoms with van der Waals surface area (Å²) in [5.41, 5.74) is 0. The van der Waals surface area contributed by atoms with Crippen LogP contribution in [0.15, 0.2) is 0 Å². The number of carbonyl (C=O) groups excluding carboxylic acids is 3. The summed E-state index contributed by atoms with van der Waals surface area (Å²) >= 11 is 1.92. The van der Waals surface area contributed by atoms with Crippen LogP contribution in [0.1, 0.15) is 103 Å². The molecule has 2 heterocycles. The fourth-order valence-electron chi connectivity index (χ4n) is 5.24. The van der Waals surface area contributed by atoms with E-state index in [0.29, 0.717) is 43.9 Å². The van der Waals surface area contributed by atoms with E-state index < -0.39 is 7.37 Å². The third-order valence-electron chi connectivity index (χ3n) is 7.45. The largest absolute Gasteiger partial charge is 0.356 e. The van der Waals surface area contributed by atoms with E-state index in [2.05, 4.69) is 21.3 Å². The molecule has 4 amide bonds. The summed E-state index contributed by atoms with van der Waals surface area (Å²) in [6.07, 6.45) is 15.1. The third kappa shape index (κ3) is 15.4. The Hall–Kier alpha value is -1.25. The molecule has 9 nitrogen and oxygen atoms in total. The summed E-state index contributed by atoms with van der Waals surface area (Å²) in [5, 5.41) is 12.4. The average Bonchev–Trinajstić information content (AvgIpc) is 3.44. The van der Waals surface area contributed by atoms with Gasteiger partial charge in [0.25, 0.3) is 0 Å². The van der Waals surface area contributed by atoms with E-state index in [0.717, 1.165) is 82.8 Å². The second-order valence-corrected chi connectivity index (χ2v) is 15.0. The zero-order chi connectivity index (χ0) is 28.3. The molecule has 4 atom stereocenters. The Morgan fingerprint density at radius 2 is 1.44 bits per heavy atom. The second-order valence-electron chi connectivity index (χ2n) is 11.0. The van der Waals surface area contributed by atoms with Crippen LogP contribution in [0.2, 0.25) is 0 Å². The van der Waals surface area contributed by atoms with Crippen molar-refractivity contribution in [2.75, 3.05) is 38.3 Å². The van der Waals surface area contributed by atoms with Gasteiger partial charge in [0.15, 0.2) is 7.37 Å². The van der Waals surface area contributed by atoms with Crippen LogP contribution < -0.4 is 21.3 Å². The second kappa shape index (κ2) is 19.8. The Morgan fingerprint density at radius 1 is 0.872 bits per heavy atom. The summed E-state index contributed by atoms with van der Waals surface area (Å²) in [6.45, 7) is 5.53. The van der Waals surface area contributed by atoms with Gasteiger partial charge in [0.05, 0.1) is 18.7 Å². The maximum absolute atomic E-state index is 12.1. The van der Waals surface area contributed by atoms with Gasteiger partial charge in [-0.3, -0.25) is 14.2 Å². The van der Waals surface area contributed by atoms with Crippen LogP contribution in [0.5, 0.6) is 0 Å². The molecule has 2 aliphatic heterocycles. The van der Waals surface area contributed by atoms with Crippen molar-refractivity contribution in [1.29, 1.82) is 0 Å². The van der Waals surface area contributed by atoms with Crippen LogP contribution >= 0.6 is 19.1 Å².